The summed E-state index contributed by atoms with van der Waals surface area (Å²) >= 11 is 3.31. The molecule has 2 aliphatic rings. The van der Waals surface area contributed by atoms with E-state index in [0.29, 0.717) is 30.6 Å². The van der Waals surface area contributed by atoms with E-state index < -0.39 is 6.09 Å². The maximum atomic E-state index is 12.4. The Morgan fingerprint density at radius 1 is 1.41 bits per heavy atom. The second-order valence-electron chi connectivity index (χ2n) is 6.05. The highest BCUT2D eigenvalue weighted by Crippen LogP contribution is 2.48. The Hall–Kier alpha value is -1.76. The number of nitrogen functional groups attached to an aromatic ring is 1. The third kappa shape index (κ3) is 2.77. The Balaban J connectivity index is 1.67. The summed E-state index contributed by atoms with van der Waals surface area (Å²) in [4.78, 5) is 25.1. The smallest absolute Gasteiger partial charge is 0.407 e. The number of nitrogens with two attached hydrogens (primary N) is 1. The van der Waals surface area contributed by atoms with E-state index in [2.05, 4.69) is 21.2 Å². The molecule has 1 aromatic carbocycles. The number of hydrogen-bond acceptors (Lipinski definition) is 3. The summed E-state index contributed by atoms with van der Waals surface area (Å²) in [5, 5.41) is 12.2. The number of nitrogens with one attached hydrogen (secondary N) is 1. The first-order valence-electron chi connectivity index (χ1n) is 7.28. The number of hydrogen-bond donors (Lipinski definition) is 3. The Morgan fingerprint density at radius 3 is 2.73 bits per heavy atom. The molecule has 4 N–H and O–H groups in total. The zero-order chi connectivity index (χ0) is 15.9. The fourth-order valence-corrected chi connectivity index (χ4v) is 3.62. The van der Waals surface area contributed by atoms with Gasteiger partial charge in [0.25, 0.3) is 5.91 Å². The number of benzene rings is 1. The van der Waals surface area contributed by atoms with E-state index >= 15 is 0 Å². The van der Waals surface area contributed by atoms with Gasteiger partial charge in [0.05, 0.1) is 5.56 Å². The lowest BCUT2D eigenvalue weighted by atomic mass is 9.95. The monoisotopic (exact) mass is 367 g/mol. The summed E-state index contributed by atoms with van der Waals surface area (Å²) in [7, 11) is 0. The summed E-state index contributed by atoms with van der Waals surface area (Å²) in [5.41, 5.74) is 6.50. The van der Waals surface area contributed by atoms with Crippen molar-refractivity contribution in [1.29, 1.82) is 0 Å². The van der Waals surface area contributed by atoms with Gasteiger partial charge in [-0.3, -0.25) is 4.79 Å². The molecule has 0 bridgehead atoms. The quantitative estimate of drug-likeness (QED) is 0.699. The number of amides is 2. The first-order valence-corrected chi connectivity index (χ1v) is 8.07. The van der Waals surface area contributed by atoms with Crippen molar-refractivity contribution < 1.29 is 14.7 Å². The predicted molar refractivity (Wildman–Crippen MR) is 85.7 cm³/mol. The van der Waals surface area contributed by atoms with Crippen LogP contribution in [0.15, 0.2) is 22.7 Å². The lowest BCUT2D eigenvalue weighted by Gasteiger charge is -2.38. The van der Waals surface area contributed by atoms with Crippen molar-refractivity contribution >= 4 is 33.6 Å². The minimum Gasteiger partial charge on any atom is -0.465 e. The van der Waals surface area contributed by atoms with Crippen molar-refractivity contribution in [3.8, 4) is 0 Å². The standard InChI is InChI=1S/C15H18BrN3O3/c16-9-1-2-11(12(17)7-9)13(20)18-10-3-6-19(14(21)22)15(8-10)4-5-15/h1-2,7,10H,3-6,8,17H2,(H,18,20)(H,21,22). The van der Waals surface area contributed by atoms with Gasteiger partial charge in [-0.2, -0.15) is 0 Å². The Kier molecular flexibility index (Phi) is 3.76. The van der Waals surface area contributed by atoms with Crippen LogP contribution in [0.4, 0.5) is 10.5 Å². The molecule has 1 aliphatic carbocycles. The molecule has 3 rings (SSSR count). The molecule has 1 aromatic rings. The molecule has 1 saturated carbocycles. The summed E-state index contributed by atoms with van der Waals surface area (Å²) in [6.45, 7) is 0.468. The van der Waals surface area contributed by atoms with E-state index in [1.54, 1.807) is 18.2 Å². The molecule has 6 nitrogen and oxygen atoms in total. The van der Waals surface area contributed by atoms with Crippen LogP contribution in [-0.2, 0) is 0 Å². The fraction of sp³-hybridized carbons (Fsp3) is 0.467. The predicted octanol–water partition coefficient (Wildman–Crippen LogP) is 2.44. The van der Waals surface area contributed by atoms with Gasteiger partial charge < -0.3 is 21.1 Å². The molecule has 2 amide bonds. The number of likely N-dealkylation sites (tertiary alicyclic amines) is 1. The van der Waals surface area contributed by atoms with Crippen LogP contribution in [-0.4, -0.2) is 40.1 Å². The lowest BCUT2D eigenvalue weighted by molar-refractivity contribution is 0.0779. The molecule has 1 heterocycles. The molecule has 2 fully saturated rings. The molecule has 0 aromatic heterocycles. The average Bonchev–Trinajstić information content (AvgIpc) is 3.17. The third-order valence-electron chi connectivity index (χ3n) is 4.55. The highest BCUT2D eigenvalue weighted by Gasteiger charge is 2.53. The largest absolute Gasteiger partial charge is 0.465 e. The van der Waals surface area contributed by atoms with Gasteiger partial charge in [0.15, 0.2) is 0 Å². The molecule has 7 heteroatoms. The summed E-state index contributed by atoms with van der Waals surface area (Å²) in [6.07, 6.45) is 2.22. The highest BCUT2D eigenvalue weighted by atomic mass is 79.9. The van der Waals surface area contributed by atoms with Crippen LogP contribution in [0.5, 0.6) is 0 Å². The molecule has 0 radical (unpaired) electrons. The lowest BCUT2D eigenvalue weighted by Crippen LogP contribution is -2.53. The van der Waals surface area contributed by atoms with Gasteiger partial charge in [-0.25, -0.2) is 4.79 Å². The number of rotatable bonds is 2. The number of carbonyl (C=O) groups is 2. The van der Waals surface area contributed by atoms with Crippen LogP contribution in [0.2, 0.25) is 0 Å². The molecule has 1 spiro atoms. The molecule has 1 aliphatic heterocycles. The maximum absolute atomic E-state index is 12.4. The van der Waals surface area contributed by atoms with Crippen molar-refractivity contribution in [2.75, 3.05) is 12.3 Å². The zero-order valence-electron chi connectivity index (χ0n) is 12.0. The summed E-state index contributed by atoms with van der Waals surface area (Å²) < 4.78 is 0.827. The van der Waals surface area contributed by atoms with Gasteiger partial charge in [-0.15, -0.1) is 0 Å². The van der Waals surface area contributed by atoms with Gasteiger partial charge >= 0.3 is 6.09 Å². The number of carbonyl (C=O) groups excluding carboxylic acids is 1. The van der Waals surface area contributed by atoms with E-state index in [1.165, 1.54) is 4.90 Å². The second kappa shape index (κ2) is 5.46. The number of halogens is 1. The average molecular weight is 368 g/mol. The second-order valence-corrected chi connectivity index (χ2v) is 6.97. The van der Waals surface area contributed by atoms with Gasteiger partial charge in [-0.05, 0) is 43.9 Å². The molecule has 1 saturated heterocycles. The number of anilines is 1. The van der Waals surface area contributed by atoms with E-state index in [1.807, 2.05) is 0 Å². The van der Waals surface area contributed by atoms with Crippen LogP contribution in [0.1, 0.15) is 36.0 Å². The molecule has 1 atom stereocenters. The van der Waals surface area contributed by atoms with Crippen molar-refractivity contribution in [3.05, 3.63) is 28.2 Å². The van der Waals surface area contributed by atoms with E-state index in [0.717, 1.165) is 17.3 Å². The topological polar surface area (TPSA) is 95.7 Å². The van der Waals surface area contributed by atoms with Crippen LogP contribution in [0.25, 0.3) is 0 Å². The normalized spacial score (nSPS) is 22.4. The summed E-state index contributed by atoms with van der Waals surface area (Å²) in [5.74, 6) is -0.199. The van der Waals surface area contributed by atoms with E-state index in [9.17, 15) is 14.7 Å². The summed E-state index contributed by atoms with van der Waals surface area (Å²) in [6, 6.07) is 5.16. The highest BCUT2D eigenvalue weighted by molar-refractivity contribution is 9.10. The first-order chi connectivity index (χ1) is 10.4. The number of nitrogens with zero attached hydrogens (tertiary/aromatic N) is 1. The van der Waals surface area contributed by atoms with E-state index in [4.69, 9.17) is 5.73 Å². The van der Waals surface area contributed by atoms with Gasteiger partial charge in [0.2, 0.25) is 0 Å². The third-order valence-corrected chi connectivity index (χ3v) is 5.04. The minimum atomic E-state index is -0.862. The molecule has 118 valence electrons. The van der Waals surface area contributed by atoms with Crippen LogP contribution < -0.4 is 11.1 Å². The SMILES string of the molecule is Nc1cc(Br)ccc1C(=O)NC1CCN(C(=O)O)C2(CC2)C1. The molecule has 1 unspecified atom stereocenters. The maximum Gasteiger partial charge on any atom is 0.407 e. The van der Waals surface area contributed by atoms with Crippen LogP contribution in [0, 0.1) is 0 Å². The van der Waals surface area contributed by atoms with Crippen molar-refractivity contribution in [2.45, 2.75) is 37.3 Å². The molecular weight excluding hydrogens is 350 g/mol. The van der Waals surface area contributed by atoms with Crippen molar-refractivity contribution in [2.24, 2.45) is 0 Å². The van der Waals surface area contributed by atoms with Crippen molar-refractivity contribution in [3.63, 3.8) is 0 Å². The Bertz CT molecular complexity index is 630. The fourth-order valence-electron chi connectivity index (χ4n) is 3.24. The van der Waals surface area contributed by atoms with Gasteiger partial charge in [0.1, 0.15) is 0 Å². The Labute approximate surface area is 136 Å². The number of carboxylic acid groups (broad SMARTS) is 1. The molecular formula is C15H18BrN3O3. The minimum absolute atomic E-state index is 0.00588. The van der Waals surface area contributed by atoms with Crippen molar-refractivity contribution in [1.82, 2.24) is 10.2 Å². The number of piperidine rings is 1. The van der Waals surface area contributed by atoms with Crippen LogP contribution in [0.3, 0.4) is 0 Å². The first kappa shape index (κ1) is 15.1. The van der Waals surface area contributed by atoms with Gasteiger partial charge in [0, 0.05) is 28.3 Å². The van der Waals surface area contributed by atoms with Crippen LogP contribution >= 0.6 is 15.9 Å². The van der Waals surface area contributed by atoms with Gasteiger partial charge in [-0.1, -0.05) is 15.9 Å². The Morgan fingerprint density at radius 2 is 2.14 bits per heavy atom. The van der Waals surface area contributed by atoms with E-state index in [-0.39, 0.29) is 17.5 Å². The zero-order valence-corrected chi connectivity index (χ0v) is 13.6. The molecule has 22 heavy (non-hydrogen) atoms.